The maximum Gasteiger partial charge on any atom is 0.357 e. The number of halogens is 2. The van der Waals surface area contributed by atoms with Gasteiger partial charge in [0.25, 0.3) is 0 Å². The Balaban J connectivity index is 1.66. The molecular weight excluding hydrogens is 552 g/mol. The lowest BCUT2D eigenvalue weighted by molar-refractivity contribution is -0.154. The molecule has 3 aromatic rings. The normalized spacial score (nSPS) is 15.6. The molecule has 4 rings (SSSR count). The van der Waals surface area contributed by atoms with Crippen LogP contribution in [0.1, 0.15) is 36.7 Å². The Morgan fingerprint density at radius 1 is 1.35 bits per heavy atom. The number of nitrogens with one attached hydrogen (secondary N) is 1. The molecule has 2 aromatic heterocycles. The van der Waals surface area contributed by atoms with Gasteiger partial charge in [0.1, 0.15) is 12.4 Å². The second-order valence-electron chi connectivity index (χ2n) is 7.63. The fourth-order valence-corrected chi connectivity index (χ4v) is 4.24. The van der Waals surface area contributed by atoms with Crippen molar-refractivity contribution in [1.82, 2.24) is 9.55 Å². The van der Waals surface area contributed by atoms with Crippen LogP contribution in [-0.4, -0.2) is 41.6 Å². The first-order chi connectivity index (χ1) is 16.6. The van der Waals surface area contributed by atoms with Gasteiger partial charge in [-0.15, -0.1) is 0 Å². The number of rotatable bonds is 7. The average Bonchev–Trinajstić information content (AvgIpc) is 3.15. The molecule has 0 aliphatic carbocycles. The maximum absolute atomic E-state index is 14.6. The fraction of sp³-hybridized carbons (Fsp3) is 0.360. The molecule has 34 heavy (non-hydrogen) atoms. The Kier molecular flexibility index (Phi) is 8.37. The number of anilines is 2. The van der Waals surface area contributed by atoms with E-state index in [9.17, 15) is 9.18 Å². The van der Waals surface area contributed by atoms with Crippen LogP contribution in [0.5, 0.6) is 0 Å². The molecule has 1 aliphatic rings. The van der Waals surface area contributed by atoms with Gasteiger partial charge in [0.2, 0.25) is 0 Å². The summed E-state index contributed by atoms with van der Waals surface area (Å²) in [5.41, 5.74) is 1.67. The van der Waals surface area contributed by atoms with Gasteiger partial charge in [-0.3, -0.25) is 4.98 Å². The molecule has 0 spiro atoms. The van der Waals surface area contributed by atoms with Crippen LogP contribution >= 0.6 is 22.6 Å². The van der Waals surface area contributed by atoms with Crippen molar-refractivity contribution >= 4 is 50.8 Å². The van der Waals surface area contributed by atoms with E-state index in [-0.39, 0.29) is 37.4 Å². The van der Waals surface area contributed by atoms with Crippen molar-refractivity contribution in [3.8, 4) is 11.8 Å². The number of benzene rings is 1. The van der Waals surface area contributed by atoms with E-state index < -0.39 is 11.8 Å². The number of nitrogens with zero attached hydrogens (tertiary/aromatic N) is 2. The SMILES string of the molecule is CCOC(=O)c1c(Nc2ccc(I)cc2F)c2cnccc2n1CC#CCOC1CCCCO1. The minimum Gasteiger partial charge on any atom is -0.461 e. The Labute approximate surface area is 211 Å². The van der Waals surface area contributed by atoms with E-state index in [4.69, 9.17) is 14.2 Å². The summed E-state index contributed by atoms with van der Waals surface area (Å²) >= 11 is 2.05. The third kappa shape index (κ3) is 5.68. The van der Waals surface area contributed by atoms with Crippen LogP contribution in [0.25, 0.3) is 10.9 Å². The van der Waals surface area contributed by atoms with E-state index >= 15 is 0 Å². The van der Waals surface area contributed by atoms with E-state index in [0.717, 1.165) is 28.3 Å². The molecule has 1 unspecified atom stereocenters. The van der Waals surface area contributed by atoms with Crippen LogP contribution in [0.4, 0.5) is 15.8 Å². The molecule has 1 aliphatic heterocycles. The zero-order valence-corrected chi connectivity index (χ0v) is 20.9. The van der Waals surface area contributed by atoms with E-state index in [1.165, 1.54) is 6.07 Å². The largest absolute Gasteiger partial charge is 0.461 e. The van der Waals surface area contributed by atoms with E-state index in [0.29, 0.717) is 17.7 Å². The summed E-state index contributed by atoms with van der Waals surface area (Å²) < 4.78 is 33.7. The zero-order chi connectivity index (χ0) is 23.9. The summed E-state index contributed by atoms with van der Waals surface area (Å²) in [6, 6.07) is 6.64. The van der Waals surface area contributed by atoms with Crippen LogP contribution in [0.15, 0.2) is 36.7 Å². The first-order valence-electron chi connectivity index (χ1n) is 11.1. The summed E-state index contributed by atoms with van der Waals surface area (Å²) in [7, 11) is 0. The lowest BCUT2D eigenvalue weighted by Crippen LogP contribution is -2.22. The van der Waals surface area contributed by atoms with Gasteiger partial charge in [0, 0.05) is 28.0 Å². The molecule has 0 amide bonds. The van der Waals surface area contributed by atoms with Gasteiger partial charge in [-0.1, -0.05) is 11.8 Å². The molecule has 1 atom stereocenters. The molecule has 9 heteroatoms. The number of carbonyl (C=O) groups is 1. The van der Waals surface area contributed by atoms with Crippen molar-refractivity contribution in [2.24, 2.45) is 0 Å². The molecule has 178 valence electrons. The van der Waals surface area contributed by atoms with Gasteiger partial charge in [-0.2, -0.15) is 0 Å². The highest BCUT2D eigenvalue weighted by Crippen LogP contribution is 2.34. The first-order valence-corrected chi connectivity index (χ1v) is 12.2. The summed E-state index contributed by atoms with van der Waals surface area (Å²) in [5, 5.41) is 3.75. The van der Waals surface area contributed by atoms with Crippen molar-refractivity contribution < 1.29 is 23.4 Å². The van der Waals surface area contributed by atoms with Crippen molar-refractivity contribution in [1.29, 1.82) is 0 Å². The van der Waals surface area contributed by atoms with Crippen LogP contribution < -0.4 is 5.32 Å². The van der Waals surface area contributed by atoms with Gasteiger partial charge < -0.3 is 24.1 Å². The van der Waals surface area contributed by atoms with E-state index in [1.807, 2.05) is 22.6 Å². The Bertz CT molecular complexity index is 1230. The molecule has 1 saturated heterocycles. The summed E-state index contributed by atoms with van der Waals surface area (Å²) in [6.45, 7) is 3.11. The Morgan fingerprint density at radius 2 is 2.24 bits per heavy atom. The fourth-order valence-electron chi connectivity index (χ4n) is 3.79. The first kappa shape index (κ1) is 24.4. The quantitative estimate of drug-likeness (QED) is 0.235. The van der Waals surface area contributed by atoms with Crippen molar-refractivity contribution in [2.45, 2.75) is 39.0 Å². The van der Waals surface area contributed by atoms with Gasteiger partial charge in [0.05, 0.1) is 30.0 Å². The van der Waals surface area contributed by atoms with Crippen LogP contribution in [0.3, 0.4) is 0 Å². The van der Waals surface area contributed by atoms with E-state index in [2.05, 4.69) is 22.1 Å². The molecule has 0 radical (unpaired) electrons. The van der Waals surface area contributed by atoms with Crippen molar-refractivity contribution in [3.63, 3.8) is 0 Å². The van der Waals surface area contributed by atoms with Gasteiger partial charge in [-0.25, -0.2) is 9.18 Å². The smallest absolute Gasteiger partial charge is 0.357 e. The number of ether oxygens (including phenoxy) is 3. The summed E-state index contributed by atoms with van der Waals surface area (Å²) in [4.78, 5) is 17.2. The molecule has 1 N–H and O–H groups in total. The lowest BCUT2D eigenvalue weighted by atomic mass is 10.2. The number of carbonyl (C=O) groups excluding carboxylic acids is 1. The Hall–Kier alpha value is -2.68. The molecule has 0 saturated carbocycles. The number of fused-ring (bicyclic) bond motifs is 1. The number of hydrogen-bond acceptors (Lipinski definition) is 6. The predicted octanol–water partition coefficient (Wildman–Crippen LogP) is 5.25. The number of pyridine rings is 1. The highest BCUT2D eigenvalue weighted by atomic mass is 127. The predicted molar refractivity (Wildman–Crippen MR) is 135 cm³/mol. The maximum atomic E-state index is 14.6. The summed E-state index contributed by atoms with van der Waals surface area (Å²) in [5.74, 6) is 5.11. The van der Waals surface area contributed by atoms with Gasteiger partial charge in [-0.05, 0) is 73.0 Å². The van der Waals surface area contributed by atoms with Crippen molar-refractivity contribution in [2.75, 3.05) is 25.1 Å². The standard InChI is InChI=1S/C25H25FIN3O4/c1-2-32-25(31)24-23(29-20-9-8-17(27)15-19(20)26)18-16-28-11-10-21(18)30(24)12-4-6-14-34-22-7-3-5-13-33-22/h8-11,15-16,22,29H,2-3,5,7,12-14H2,1H3. The number of hydrogen-bond donors (Lipinski definition) is 1. The second-order valence-corrected chi connectivity index (χ2v) is 8.88. The molecule has 0 bridgehead atoms. The molecule has 7 nitrogen and oxygen atoms in total. The summed E-state index contributed by atoms with van der Waals surface area (Å²) in [6.07, 6.45) is 6.07. The molecule has 1 fully saturated rings. The van der Waals surface area contributed by atoms with Gasteiger partial charge >= 0.3 is 5.97 Å². The Morgan fingerprint density at radius 3 is 3.00 bits per heavy atom. The molecule has 3 heterocycles. The van der Waals surface area contributed by atoms with Crippen molar-refractivity contribution in [3.05, 3.63) is 51.7 Å². The molecular formula is C25H25FIN3O4. The highest BCUT2D eigenvalue weighted by Gasteiger charge is 2.24. The molecule has 1 aromatic carbocycles. The number of aromatic nitrogens is 2. The van der Waals surface area contributed by atoms with Crippen LogP contribution in [0, 0.1) is 21.2 Å². The zero-order valence-electron chi connectivity index (χ0n) is 18.8. The second kappa shape index (κ2) is 11.6. The monoisotopic (exact) mass is 577 g/mol. The van der Waals surface area contributed by atoms with Crippen LogP contribution in [0.2, 0.25) is 0 Å². The minimum atomic E-state index is -0.527. The highest BCUT2D eigenvalue weighted by molar-refractivity contribution is 14.1. The topological polar surface area (TPSA) is 74.6 Å². The van der Waals surface area contributed by atoms with Gasteiger partial charge in [0.15, 0.2) is 12.0 Å². The van der Waals surface area contributed by atoms with E-state index in [1.54, 1.807) is 42.1 Å². The minimum absolute atomic E-state index is 0.205. The average molecular weight is 577 g/mol. The lowest BCUT2D eigenvalue weighted by Gasteiger charge is -2.21. The number of esters is 1. The third-order valence-electron chi connectivity index (χ3n) is 5.37. The third-order valence-corrected chi connectivity index (χ3v) is 6.04. The van der Waals surface area contributed by atoms with Crippen LogP contribution in [-0.2, 0) is 20.8 Å².